The predicted octanol–water partition coefficient (Wildman–Crippen LogP) is 1.99. The Balaban J connectivity index is 1.53. The molecule has 1 aliphatic rings. The van der Waals surface area contributed by atoms with Gasteiger partial charge in [0.15, 0.2) is 11.5 Å². The number of methoxy groups -OCH3 is 1. The first kappa shape index (κ1) is 21.0. The van der Waals surface area contributed by atoms with E-state index in [1.807, 2.05) is 28.9 Å². The van der Waals surface area contributed by atoms with Crippen LogP contribution in [0.15, 0.2) is 48.5 Å². The van der Waals surface area contributed by atoms with Crippen LogP contribution in [0.3, 0.4) is 0 Å². The number of hydrogen-bond acceptors (Lipinski definition) is 6. The van der Waals surface area contributed by atoms with Gasteiger partial charge in [-0.25, -0.2) is 0 Å². The van der Waals surface area contributed by atoms with E-state index < -0.39 is 0 Å². The van der Waals surface area contributed by atoms with Gasteiger partial charge < -0.3 is 14.8 Å². The Morgan fingerprint density at radius 1 is 1.06 bits per heavy atom. The van der Waals surface area contributed by atoms with E-state index in [0.717, 1.165) is 38.4 Å². The Hall–Kier alpha value is -3.23. The van der Waals surface area contributed by atoms with Crippen molar-refractivity contribution in [2.24, 2.45) is 0 Å². The lowest BCUT2D eigenvalue weighted by Gasteiger charge is -2.26. The highest BCUT2D eigenvalue weighted by atomic mass is 16.5. The molecule has 4 rings (SSSR count). The normalized spacial score (nSPS) is 14.5. The van der Waals surface area contributed by atoms with Gasteiger partial charge in [-0.05, 0) is 6.07 Å². The number of ether oxygens (including phenoxy) is 2. The molecule has 0 saturated carbocycles. The number of fused-ring (bicyclic) bond motifs is 1. The first-order valence-electron chi connectivity index (χ1n) is 10.4. The monoisotopic (exact) mass is 422 g/mol. The number of ketones is 1. The number of hydrogen-bond donors (Lipinski definition) is 1. The summed E-state index contributed by atoms with van der Waals surface area (Å²) in [5, 5.41) is 8.00. The summed E-state index contributed by atoms with van der Waals surface area (Å²) in [5.74, 6) is 0.127. The number of morpholine rings is 1. The molecule has 1 fully saturated rings. The zero-order chi connectivity index (χ0) is 21.6. The van der Waals surface area contributed by atoms with Crippen LogP contribution in [0.2, 0.25) is 0 Å². The minimum absolute atomic E-state index is 0.0883. The van der Waals surface area contributed by atoms with Crippen LogP contribution < -0.4 is 10.1 Å². The van der Waals surface area contributed by atoms with Crippen LogP contribution >= 0.6 is 0 Å². The highest BCUT2D eigenvalue weighted by Crippen LogP contribution is 2.28. The van der Waals surface area contributed by atoms with E-state index in [9.17, 15) is 9.59 Å². The topological polar surface area (TPSA) is 85.7 Å². The smallest absolute Gasteiger partial charge is 0.272 e. The molecule has 2 heterocycles. The van der Waals surface area contributed by atoms with Crippen LogP contribution in [0, 0.1) is 0 Å². The molecule has 1 aliphatic heterocycles. The third kappa shape index (κ3) is 4.76. The van der Waals surface area contributed by atoms with Crippen LogP contribution in [-0.4, -0.2) is 72.9 Å². The number of nitrogens with zero attached hydrogens (tertiary/aromatic N) is 3. The van der Waals surface area contributed by atoms with Crippen LogP contribution in [0.25, 0.3) is 10.9 Å². The number of nitrogens with one attached hydrogen (secondary N) is 1. The van der Waals surface area contributed by atoms with E-state index in [1.165, 1.54) is 0 Å². The minimum Gasteiger partial charge on any atom is -0.494 e. The summed E-state index contributed by atoms with van der Waals surface area (Å²) in [7, 11) is 1.60. The Morgan fingerprint density at radius 2 is 1.84 bits per heavy atom. The van der Waals surface area contributed by atoms with Crippen molar-refractivity contribution in [2.75, 3.05) is 46.5 Å². The second-order valence-electron chi connectivity index (χ2n) is 7.35. The maximum atomic E-state index is 12.9. The average molecular weight is 422 g/mol. The van der Waals surface area contributed by atoms with Gasteiger partial charge in [0.1, 0.15) is 11.3 Å². The third-order valence-corrected chi connectivity index (χ3v) is 5.40. The molecule has 0 aliphatic carbocycles. The standard InChI is InChI=1S/C23H26N4O4/c1-30-20-9-5-8-18-21(23(29)24-16-19(28)17-6-3-2-4-7-17)25-27(22(18)20)11-10-26-12-14-31-15-13-26/h2-9H,10-16H2,1H3,(H,24,29). The molecule has 0 radical (unpaired) electrons. The molecule has 0 atom stereocenters. The van der Waals surface area contributed by atoms with Crippen molar-refractivity contribution < 1.29 is 19.1 Å². The average Bonchev–Trinajstić information content (AvgIpc) is 3.21. The molecule has 1 N–H and O–H groups in total. The van der Waals surface area contributed by atoms with Crippen molar-refractivity contribution in [3.63, 3.8) is 0 Å². The van der Waals surface area contributed by atoms with E-state index in [0.29, 0.717) is 23.2 Å². The van der Waals surface area contributed by atoms with Crippen molar-refractivity contribution in [1.82, 2.24) is 20.0 Å². The van der Waals surface area contributed by atoms with Gasteiger partial charge in [-0.1, -0.05) is 42.5 Å². The van der Waals surface area contributed by atoms with Crippen molar-refractivity contribution in [3.8, 4) is 5.75 Å². The number of amides is 1. The zero-order valence-electron chi connectivity index (χ0n) is 17.5. The molecule has 8 nitrogen and oxygen atoms in total. The lowest BCUT2D eigenvalue weighted by molar-refractivity contribution is 0.0361. The highest BCUT2D eigenvalue weighted by molar-refractivity contribution is 6.08. The summed E-state index contributed by atoms with van der Waals surface area (Å²) in [4.78, 5) is 27.6. The van der Waals surface area contributed by atoms with Crippen LogP contribution in [0.5, 0.6) is 5.75 Å². The molecule has 3 aromatic rings. The third-order valence-electron chi connectivity index (χ3n) is 5.40. The number of carbonyl (C=O) groups is 2. The summed E-state index contributed by atoms with van der Waals surface area (Å²) in [6.07, 6.45) is 0. The Kier molecular flexibility index (Phi) is 6.59. The molecule has 8 heteroatoms. The van der Waals surface area contributed by atoms with Crippen molar-refractivity contribution in [3.05, 3.63) is 59.8 Å². The summed E-state index contributed by atoms with van der Waals surface area (Å²) in [6, 6.07) is 14.4. The molecule has 1 saturated heterocycles. The van der Waals surface area contributed by atoms with E-state index in [-0.39, 0.29) is 23.9 Å². The number of Topliss-reactive ketones (excluding diaryl/α,β-unsaturated/α-hetero) is 1. The summed E-state index contributed by atoms with van der Waals surface area (Å²) in [5.41, 5.74) is 1.62. The van der Waals surface area contributed by atoms with Gasteiger partial charge in [0.25, 0.3) is 5.91 Å². The molecular formula is C23H26N4O4. The highest BCUT2D eigenvalue weighted by Gasteiger charge is 2.21. The van der Waals surface area contributed by atoms with Gasteiger partial charge in [0.05, 0.1) is 33.4 Å². The molecule has 0 unspecified atom stereocenters. The summed E-state index contributed by atoms with van der Waals surface area (Å²) >= 11 is 0. The molecular weight excluding hydrogens is 396 g/mol. The fourth-order valence-corrected chi connectivity index (χ4v) is 3.73. The first-order chi connectivity index (χ1) is 15.2. The molecule has 162 valence electrons. The van der Waals surface area contributed by atoms with Crippen molar-refractivity contribution >= 4 is 22.6 Å². The van der Waals surface area contributed by atoms with E-state index in [2.05, 4.69) is 15.3 Å². The maximum absolute atomic E-state index is 12.9. The summed E-state index contributed by atoms with van der Waals surface area (Å²) < 4.78 is 12.8. The second kappa shape index (κ2) is 9.72. The van der Waals surface area contributed by atoms with Crippen LogP contribution in [0.1, 0.15) is 20.8 Å². The largest absolute Gasteiger partial charge is 0.494 e. The fraction of sp³-hybridized carbons (Fsp3) is 0.348. The molecule has 2 aromatic carbocycles. The summed E-state index contributed by atoms with van der Waals surface area (Å²) in [6.45, 7) is 4.54. The van der Waals surface area contributed by atoms with Gasteiger partial charge in [-0.3, -0.25) is 19.2 Å². The molecule has 0 spiro atoms. The fourth-order valence-electron chi connectivity index (χ4n) is 3.73. The molecule has 1 amide bonds. The molecule has 1 aromatic heterocycles. The lowest BCUT2D eigenvalue weighted by atomic mass is 10.1. The second-order valence-corrected chi connectivity index (χ2v) is 7.35. The van der Waals surface area contributed by atoms with E-state index >= 15 is 0 Å². The zero-order valence-corrected chi connectivity index (χ0v) is 17.5. The van der Waals surface area contributed by atoms with Gasteiger partial charge in [0, 0.05) is 30.6 Å². The van der Waals surface area contributed by atoms with Gasteiger partial charge >= 0.3 is 0 Å². The van der Waals surface area contributed by atoms with Gasteiger partial charge in [-0.15, -0.1) is 0 Å². The maximum Gasteiger partial charge on any atom is 0.272 e. The minimum atomic E-state index is -0.382. The Morgan fingerprint density at radius 3 is 2.58 bits per heavy atom. The number of rotatable bonds is 8. The predicted molar refractivity (Wildman–Crippen MR) is 117 cm³/mol. The number of carbonyl (C=O) groups excluding carboxylic acids is 2. The van der Waals surface area contributed by atoms with Crippen LogP contribution in [-0.2, 0) is 11.3 Å². The number of aromatic nitrogens is 2. The quantitative estimate of drug-likeness (QED) is 0.559. The van der Waals surface area contributed by atoms with E-state index in [4.69, 9.17) is 9.47 Å². The van der Waals surface area contributed by atoms with Crippen molar-refractivity contribution in [2.45, 2.75) is 6.54 Å². The van der Waals surface area contributed by atoms with Gasteiger partial charge in [-0.2, -0.15) is 5.10 Å². The molecule has 31 heavy (non-hydrogen) atoms. The molecule has 0 bridgehead atoms. The number of para-hydroxylation sites is 1. The van der Waals surface area contributed by atoms with E-state index in [1.54, 1.807) is 31.4 Å². The van der Waals surface area contributed by atoms with Crippen LogP contribution in [0.4, 0.5) is 0 Å². The number of benzene rings is 2. The lowest BCUT2D eigenvalue weighted by Crippen LogP contribution is -2.38. The van der Waals surface area contributed by atoms with Gasteiger partial charge in [0.2, 0.25) is 0 Å². The van der Waals surface area contributed by atoms with Crippen molar-refractivity contribution in [1.29, 1.82) is 0 Å². The Bertz CT molecular complexity index is 1060. The Labute approximate surface area is 180 Å². The first-order valence-corrected chi connectivity index (χ1v) is 10.4. The SMILES string of the molecule is COc1cccc2c(C(=O)NCC(=O)c3ccccc3)nn(CCN3CCOCC3)c12.